The van der Waals surface area contributed by atoms with Crippen molar-refractivity contribution in [3.63, 3.8) is 0 Å². The van der Waals surface area contributed by atoms with E-state index in [1.807, 2.05) is 36.4 Å². The Morgan fingerprint density at radius 3 is 1.24 bits per heavy atom. The van der Waals surface area contributed by atoms with Crippen molar-refractivity contribution < 1.29 is 0 Å². The Bertz CT molecular complexity index is 2620. The first-order chi connectivity index (χ1) is 27.2. The quantitative estimate of drug-likeness (QED) is 0.148. The molecule has 0 aliphatic carbocycles. The van der Waals surface area contributed by atoms with Gasteiger partial charge in [-0.3, -0.25) is 0 Å². The molecule has 0 radical (unpaired) electrons. The molecule has 1 heterocycles. The summed E-state index contributed by atoms with van der Waals surface area (Å²) in [6, 6.07) is 71.0. The number of para-hydroxylation sites is 6. The van der Waals surface area contributed by atoms with Crippen LogP contribution in [-0.2, 0) is 0 Å². The van der Waals surface area contributed by atoms with Gasteiger partial charge in [0.1, 0.15) is 0 Å². The summed E-state index contributed by atoms with van der Waals surface area (Å²) < 4.78 is 2.40. The maximum absolute atomic E-state index is 10.1. The van der Waals surface area contributed by atoms with Crippen molar-refractivity contribution in [3.8, 4) is 22.9 Å². The fourth-order valence-corrected chi connectivity index (χ4v) is 7.57. The van der Waals surface area contributed by atoms with Gasteiger partial charge in [-0.05, 0) is 102 Å². The van der Waals surface area contributed by atoms with Gasteiger partial charge in [-0.2, -0.15) is 5.26 Å². The van der Waals surface area contributed by atoms with Gasteiger partial charge < -0.3 is 14.4 Å². The van der Waals surface area contributed by atoms with Crippen LogP contribution < -0.4 is 9.80 Å². The number of nitrogens with zero attached hydrogens (tertiary/aromatic N) is 5. The number of aromatic nitrogens is 1. The number of rotatable bonds is 8. The average Bonchev–Trinajstić information content (AvgIpc) is 3.59. The SMILES string of the molecule is [C-]#[N+]c1cc(C#N)cc(-c2cc(N(c3ccccc3)c3ccccc3)c(-n3c4ccccc4c4ccccc43)c(N(c3ccccc3)c3ccccc3)c2)c1. The van der Waals surface area contributed by atoms with Crippen LogP contribution in [0.15, 0.2) is 200 Å². The number of anilines is 6. The molecular formula is C50H33N5. The number of hydrogen-bond donors (Lipinski definition) is 0. The van der Waals surface area contributed by atoms with Crippen LogP contribution in [0.3, 0.4) is 0 Å². The minimum atomic E-state index is 0.412. The van der Waals surface area contributed by atoms with Crippen LogP contribution >= 0.6 is 0 Å². The van der Waals surface area contributed by atoms with Gasteiger partial charge in [0, 0.05) is 39.1 Å². The normalized spacial score (nSPS) is 10.9. The molecule has 0 aliphatic rings. The third-order valence-corrected chi connectivity index (χ3v) is 9.92. The van der Waals surface area contributed by atoms with Crippen LogP contribution in [0, 0.1) is 17.9 Å². The van der Waals surface area contributed by atoms with E-state index in [0.717, 1.165) is 72.7 Å². The maximum Gasteiger partial charge on any atom is 0.189 e. The average molecular weight is 704 g/mol. The molecule has 1 aromatic heterocycles. The molecule has 258 valence electrons. The molecular weight excluding hydrogens is 671 g/mol. The largest absolute Gasteiger partial charge is 0.308 e. The first-order valence-corrected chi connectivity index (χ1v) is 18.1. The lowest BCUT2D eigenvalue weighted by Gasteiger charge is -2.34. The topological polar surface area (TPSA) is 39.6 Å². The molecule has 55 heavy (non-hydrogen) atoms. The minimum Gasteiger partial charge on any atom is -0.308 e. The highest BCUT2D eigenvalue weighted by molar-refractivity contribution is 6.11. The molecule has 0 atom stereocenters. The highest BCUT2D eigenvalue weighted by Gasteiger charge is 2.28. The van der Waals surface area contributed by atoms with Crippen molar-refractivity contribution in [1.82, 2.24) is 4.57 Å². The van der Waals surface area contributed by atoms with Crippen molar-refractivity contribution in [1.29, 1.82) is 5.26 Å². The molecule has 0 fully saturated rings. The monoisotopic (exact) mass is 703 g/mol. The van der Waals surface area contributed by atoms with Crippen LogP contribution in [-0.4, -0.2) is 4.57 Å². The summed E-state index contributed by atoms with van der Waals surface area (Å²) in [6.45, 7) is 7.92. The van der Waals surface area contributed by atoms with E-state index in [4.69, 9.17) is 6.57 Å². The molecule has 9 rings (SSSR count). The molecule has 5 heteroatoms. The molecule has 0 spiro atoms. The van der Waals surface area contributed by atoms with E-state index in [0.29, 0.717) is 11.3 Å². The second-order valence-electron chi connectivity index (χ2n) is 13.2. The molecule has 0 saturated carbocycles. The maximum atomic E-state index is 10.1. The van der Waals surface area contributed by atoms with Crippen molar-refractivity contribution in [2.75, 3.05) is 9.80 Å². The molecule has 8 aromatic carbocycles. The summed E-state index contributed by atoms with van der Waals surface area (Å²) >= 11 is 0. The van der Waals surface area contributed by atoms with Gasteiger partial charge in [0.05, 0.1) is 40.7 Å². The molecule has 0 amide bonds. The Hall–Kier alpha value is -7.86. The van der Waals surface area contributed by atoms with Crippen molar-refractivity contribution in [2.45, 2.75) is 0 Å². The number of benzene rings is 8. The van der Waals surface area contributed by atoms with Crippen molar-refractivity contribution >= 4 is 61.6 Å². The van der Waals surface area contributed by atoms with Gasteiger partial charge in [-0.25, -0.2) is 4.85 Å². The lowest BCUT2D eigenvalue weighted by atomic mass is 9.98. The zero-order chi connectivity index (χ0) is 37.1. The van der Waals surface area contributed by atoms with Crippen LogP contribution in [0.4, 0.5) is 39.8 Å². The Labute approximate surface area is 320 Å². The predicted molar refractivity (Wildman–Crippen MR) is 227 cm³/mol. The number of fused-ring (bicyclic) bond motifs is 3. The van der Waals surface area contributed by atoms with E-state index in [-0.39, 0.29) is 0 Å². The van der Waals surface area contributed by atoms with Gasteiger partial charge in [0.25, 0.3) is 0 Å². The zero-order valence-electron chi connectivity index (χ0n) is 29.8. The van der Waals surface area contributed by atoms with Crippen LogP contribution in [0.1, 0.15) is 5.56 Å². The van der Waals surface area contributed by atoms with E-state index in [1.165, 1.54) is 0 Å². The minimum absolute atomic E-state index is 0.412. The van der Waals surface area contributed by atoms with Crippen molar-refractivity contribution in [2.24, 2.45) is 0 Å². The lowest BCUT2D eigenvalue weighted by Crippen LogP contribution is -2.18. The molecule has 9 aromatic rings. The standard InChI is InChI=1S/C50H33N5/c1-52-39-31-36(35-51)30-37(32-39)38-33-48(53(40-18-6-2-7-19-40)41-20-8-3-9-21-41)50(55-46-28-16-14-26-44(46)45-27-15-17-29-47(45)55)49(34-38)54(42-22-10-4-11-23-42)43-24-12-5-13-25-43/h2-34H. The fourth-order valence-electron chi connectivity index (χ4n) is 7.57. The third-order valence-electron chi connectivity index (χ3n) is 9.92. The Morgan fingerprint density at radius 2 is 0.836 bits per heavy atom. The van der Waals surface area contributed by atoms with Gasteiger partial charge in [-0.15, -0.1) is 0 Å². The summed E-state index contributed by atoms with van der Waals surface area (Å²) in [5, 5.41) is 12.4. The Kier molecular flexibility index (Phi) is 8.57. The van der Waals surface area contributed by atoms with E-state index >= 15 is 0 Å². The zero-order valence-corrected chi connectivity index (χ0v) is 29.8. The second kappa shape index (κ2) is 14.3. The van der Waals surface area contributed by atoms with Gasteiger partial charge >= 0.3 is 0 Å². The highest BCUT2D eigenvalue weighted by Crippen LogP contribution is 2.50. The van der Waals surface area contributed by atoms with Crippen LogP contribution in [0.25, 0.3) is 43.5 Å². The Morgan fingerprint density at radius 1 is 0.455 bits per heavy atom. The lowest BCUT2D eigenvalue weighted by molar-refractivity contribution is 1.13. The van der Waals surface area contributed by atoms with Crippen molar-refractivity contribution in [3.05, 3.63) is 217 Å². The summed E-state index contributed by atoms with van der Waals surface area (Å²) in [4.78, 5) is 8.39. The smallest absolute Gasteiger partial charge is 0.189 e. The molecule has 0 saturated heterocycles. The number of hydrogen-bond acceptors (Lipinski definition) is 3. The molecule has 5 nitrogen and oxygen atoms in total. The molecule has 0 N–H and O–H groups in total. The third kappa shape index (κ3) is 6.03. The predicted octanol–water partition coefficient (Wildman–Crippen LogP) is 13.8. The molecule has 0 bridgehead atoms. The van der Waals surface area contributed by atoms with Gasteiger partial charge in [0.15, 0.2) is 5.69 Å². The summed E-state index contributed by atoms with van der Waals surface area (Å²) in [6.07, 6.45) is 0. The summed E-state index contributed by atoms with van der Waals surface area (Å²) in [5.41, 5.74) is 11.4. The first-order valence-electron chi connectivity index (χ1n) is 18.1. The van der Waals surface area contributed by atoms with Crippen LogP contribution in [0.2, 0.25) is 0 Å². The van der Waals surface area contributed by atoms with E-state index < -0.39 is 0 Å². The van der Waals surface area contributed by atoms with Gasteiger partial charge in [0.2, 0.25) is 0 Å². The number of nitriles is 1. The fraction of sp³-hybridized carbons (Fsp3) is 0. The highest BCUT2D eigenvalue weighted by atomic mass is 15.2. The van der Waals surface area contributed by atoms with E-state index in [1.54, 1.807) is 6.07 Å². The summed E-state index contributed by atoms with van der Waals surface area (Å²) in [7, 11) is 0. The van der Waals surface area contributed by atoms with E-state index in [2.05, 4.69) is 183 Å². The van der Waals surface area contributed by atoms with Crippen LogP contribution in [0.5, 0.6) is 0 Å². The summed E-state index contributed by atoms with van der Waals surface area (Å²) in [5.74, 6) is 0. The van der Waals surface area contributed by atoms with E-state index in [9.17, 15) is 5.26 Å². The second-order valence-corrected chi connectivity index (χ2v) is 13.2. The van der Waals surface area contributed by atoms with Gasteiger partial charge in [-0.1, -0.05) is 109 Å². The molecule has 0 aliphatic heterocycles. The first kappa shape index (κ1) is 33.0. The molecule has 0 unspecified atom stereocenters. The Balaban J connectivity index is 1.52.